The van der Waals surface area contributed by atoms with Crippen molar-refractivity contribution in [1.29, 1.82) is 0 Å². The van der Waals surface area contributed by atoms with Crippen molar-refractivity contribution in [2.75, 3.05) is 18.4 Å². The lowest BCUT2D eigenvalue weighted by Crippen LogP contribution is -2.42. The van der Waals surface area contributed by atoms with Gasteiger partial charge in [0, 0.05) is 19.0 Å². The first-order valence-electron chi connectivity index (χ1n) is 7.20. The third-order valence-electron chi connectivity index (χ3n) is 3.87. The molecule has 0 aromatic carbocycles. The Kier molecular flexibility index (Phi) is 3.91. The number of nitrogens with zero attached hydrogens (tertiary/aromatic N) is 4. The fourth-order valence-electron chi connectivity index (χ4n) is 2.63. The number of nitrogens with one attached hydrogen (secondary N) is 1. The van der Waals surface area contributed by atoms with Gasteiger partial charge in [0.1, 0.15) is 5.82 Å². The Bertz CT molecular complexity index is 679. The van der Waals surface area contributed by atoms with Crippen LogP contribution < -0.4 is 5.32 Å². The summed E-state index contributed by atoms with van der Waals surface area (Å²) in [7, 11) is 0. The van der Waals surface area contributed by atoms with Gasteiger partial charge in [-0.05, 0) is 31.9 Å². The SMILES string of the molecule is Cc1nc2ccc(NC(=O)N3CCC(C(F)F)CC3)cn2n1. The maximum Gasteiger partial charge on any atom is 0.321 e. The van der Waals surface area contributed by atoms with E-state index in [0.29, 0.717) is 43.1 Å². The van der Waals surface area contributed by atoms with Crippen LogP contribution in [0.5, 0.6) is 0 Å². The summed E-state index contributed by atoms with van der Waals surface area (Å²) >= 11 is 0. The molecular weight excluding hydrogens is 292 g/mol. The van der Waals surface area contributed by atoms with Crippen LogP contribution >= 0.6 is 0 Å². The summed E-state index contributed by atoms with van der Waals surface area (Å²) in [5, 5.41) is 6.95. The Labute approximate surface area is 126 Å². The molecule has 8 heteroatoms. The number of urea groups is 1. The summed E-state index contributed by atoms with van der Waals surface area (Å²) in [6.45, 7) is 2.50. The number of amides is 2. The second-order valence-corrected chi connectivity index (χ2v) is 5.47. The Morgan fingerprint density at radius 1 is 1.36 bits per heavy atom. The number of aryl methyl sites for hydroxylation is 1. The number of anilines is 1. The van der Waals surface area contributed by atoms with E-state index in [1.165, 1.54) is 0 Å². The first kappa shape index (κ1) is 14.7. The van der Waals surface area contributed by atoms with Gasteiger partial charge >= 0.3 is 6.03 Å². The number of carbonyl (C=O) groups is 1. The van der Waals surface area contributed by atoms with Crippen LogP contribution in [0, 0.1) is 12.8 Å². The van der Waals surface area contributed by atoms with Crippen molar-refractivity contribution in [2.45, 2.75) is 26.2 Å². The molecule has 1 fully saturated rings. The van der Waals surface area contributed by atoms with Crippen LogP contribution in [-0.4, -0.2) is 45.0 Å². The summed E-state index contributed by atoms with van der Waals surface area (Å²) in [4.78, 5) is 17.9. The third-order valence-corrected chi connectivity index (χ3v) is 3.87. The summed E-state index contributed by atoms with van der Waals surface area (Å²) in [6.07, 6.45) is 0.0564. The van der Waals surface area contributed by atoms with Gasteiger partial charge < -0.3 is 10.2 Å². The molecule has 118 valence electrons. The number of hydrogen-bond donors (Lipinski definition) is 1. The van der Waals surface area contributed by atoms with E-state index >= 15 is 0 Å². The van der Waals surface area contributed by atoms with Crippen LogP contribution in [0.15, 0.2) is 18.3 Å². The summed E-state index contributed by atoms with van der Waals surface area (Å²) in [5.41, 5.74) is 1.30. The second-order valence-electron chi connectivity index (χ2n) is 5.47. The number of carbonyl (C=O) groups excluding carboxylic acids is 1. The fraction of sp³-hybridized carbons (Fsp3) is 0.500. The standard InChI is InChI=1S/C14H17F2N5O/c1-9-17-12-3-2-11(8-21(12)19-9)18-14(22)20-6-4-10(5-7-20)13(15)16/h2-3,8,10,13H,4-7H2,1H3,(H,18,22). The van der Waals surface area contributed by atoms with E-state index in [1.54, 1.807) is 34.7 Å². The first-order valence-corrected chi connectivity index (χ1v) is 7.20. The number of piperidine rings is 1. The lowest BCUT2D eigenvalue weighted by atomic mass is 9.98. The van der Waals surface area contributed by atoms with Crippen molar-refractivity contribution in [3.05, 3.63) is 24.2 Å². The molecule has 0 radical (unpaired) electrons. The van der Waals surface area contributed by atoms with Gasteiger partial charge in [0.25, 0.3) is 0 Å². The van der Waals surface area contributed by atoms with Crippen LogP contribution in [0.4, 0.5) is 19.3 Å². The van der Waals surface area contributed by atoms with Gasteiger partial charge in [0.15, 0.2) is 5.65 Å². The van der Waals surface area contributed by atoms with Crippen molar-refractivity contribution in [2.24, 2.45) is 5.92 Å². The highest BCUT2D eigenvalue weighted by molar-refractivity contribution is 5.89. The van der Waals surface area contributed by atoms with Gasteiger partial charge in [-0.1, -0.05) is 0 Å². The monoisotopic (exact) mass is 309 g/mol. The molecular formula is C14H17F2N5O. The molecule has 2 amide bonds. The van der Waals surface area contributed by atoms with Crippen molar-refractivity contribution < 1.29 is 13.6 Å². The summed E-state index contributed by atoms with van der Waals surface area (Å²) < 4.78 is 26.8. The zero-order valence-corrected chi connectivity index (χ0v) is 12.2. The molecule has 6 nitrogen and oxygen atoms in total. The number of aromatic nitrogens is 3. The molecule has 0 saturated carbocycles. The molecule has 3 heterocycles. The minimum atomic E-state index is -2.30. The zero-order valence-electron chi connectivity index (χ0n) is 12.2. The number of hydrogen-bond acceptors (Lipinski definition) is 3. The second kappa shape index (κ2) is 5.86. The largest absolute Gasteiger partial charge is 0.325 e. The molecule has 0 atom stereocenters. The highest BCUT2D eigenvalue weighted by Gasteiger charge is 2.28. The van der Waals surface area contributed by atoms with E-state index in [2.05, 4.69) is 15.4 Å². The Hall–Kier alpha value is -2.25. The number of alkyl halides is 2. The highest BCUT2D eigenvalue weighted by Crippen LogP contribution is 2.24. The highest BCUT2D eigenvalue weighted by atomic mass is 19.3. The average molecular weight is 309 g/mol. The van der Waals surface area contributed by atoms with Gasteiger partial charge in [0.2, 0.25) is 6.43 Å². The van der Waals surface area contributed by atoms with Crippen molar-refractivity contribution >= 4 is 17.4 Å². The lowest BCUT2D eigenvalue weighted by molar-refractivity contribution is 0.0433. The van der Waals surface area contributed by atoms with E-state index in [-0.39, 0.29) is 6.03 Å². The molecule has 3 rings (SSSR count). The summed E-state index contributed by atoms with van der Waals surface area (Å²) in [6, 6.07) is 3.23. The zero-order chi connectivity index (χ0) is 15.7. The predicted octanol–water partition coefficient (Wildman–Crippen LogP) is 2.55. The fourth-order valence-corrected chi connectivity index (χ4v) is 2.63. The average Bonchev–Trinajstić information content (AvgIpc) is 2.86. The van der Waals surface area contributed by atoms with Gasteiger partial charge in [-0.25, -0.2) is 23.1 Å². The van der Waals surface area contributed by atoms with Gasteiger partial charge in [0.05, 0.1) is 11.9 Å². The van der Waals surface area contributed by atoms with Crippen LogP contribution in [0.25, 0.3) is 5.65 Å². The van der Waals surface area contributed by atoms with Crippen molar-refractivity contribution in [3.63, 3.8) is 0 Å². The number of likely N-dealkylation sites (tertiary alicyclic amines) is 1. The van der Waals surface area contributed by atoms with Gasteiger partial charge in [-0.3, -0.25) is 0 Å². The lowest BCUT2D eigenvalue weighted by Gasteiger charge is -2.31. The summed E-state index contributed by atoms with van der Waals surface area (Å²) in [5.74, 6) is 0.0519. The smallest absolute Gasteiger partial charge is 0.321 e. The number of fused-ring (bicyclic) bond motifs is 1. The van der Waals surface area contributed by atoms with Crippen LogP contribution in [0.2, 0.25) is 0 Å². The quantitative estimate of drug-likeness (QED) is 0.927. The van der Waals surface area contributed by atoms with Crippen molar-refractivity contribution in [1.82, 2.24) is 19.5 Å². The molecule has 1 N–H and O–H groups in total. The van der Waals surface area contributed by atoms with Crippen molar-refractivity contribution in [3.8, 4) is 0 Å². The van der Waals surface area contributed by atoms with E-state index in [4.69, 9.17) is 0 Å². The minimum absolute atomic E-state index is 0.274. The van der Waals surface area contributed by atoms with E-state index < -0.39 is 12.3 Å². The maximum absolute atomic E-state index is 12.6. The third kappa shape index (κ3) is 3.00. The molecule has 2 aromatic rings. The van der Waals surface area contributed by atoms with Gasteiger partial charge in [-0.15, -0.1) is 0 Å². The van der Waals surface area contributed by atoms with E-state index in [9.17, 15) is 13.6 Å². The van der Waals surface area contributed by atoms with Crippen LogP contribution in [0.1, 0.15) is 18.7 Å². The van der Waals surface area contributed by atoms with Gasteiger partial charge in [-0.2, -0.15) is 5.10 Å². The predicted molar refractivity (Wildman–Crippen MR) is 77.0 cm³/mol. The molecule has 0 unspecified atom stereocenters. The number of halogens is 2. The Morgan fingerprint density at radius 2 is 2.09 bits per heavy atom. The normalized spacial score (nSPS) is 16.5. The minimum Gasteiger partial charge on any atom is -0.325 e. The van der Waals surface area contributed by atoms with Crippen LogP contribution in [0.3, 0.4) is 0 Å². The molecule has 1 saturated heterocycles. The topological polar surface area (TPSA) is 62.5 Å². The Balaban J connectivity index is 1.63. The molecule has 22 heavy (non-hydrogen) atoms. The molecule has 1 aliphatic heterocycles. The first-order chi connectivity index (χ1) is 10.5. The number of rotatable bonds is 2. The van der Waals surface area contributed by atoms with Crippen LogP contribution in [-0.2, 0) is 0 Å². The molecule has 0 aliphatic carbocycles. The molecule has 1 aliphatic rings. The molecule has 0 bridgehead atoms. The van der Waals surface area contributed by atoms with E-state index in [1.807, 2.05) is 0 Å². The Morgan fingerprint density at radius 3 is 2.77 bits per heavy atom. The molecule has 0 spiro atoms. The molecule has 2 aromatic heterocycles. The maximum atomic E-state index is 12.6. The van der Waals surface area contributed by atoms with E-state index in [0.717, 1.165) is 0 Å². The number of pyridine rings is 1.